The number of hydrogen-bond donors (Lipinski definition) is 2. The average Bonchev–Trinajstić information content (AvgIpc) is 2.31. The van der Waals surface area contributed by atoms with Gasteiger partial charge in [-0.3, -0.25) is 0 Å². The van der Waals surface area contributed by atoms with Crippen LogP contribution in [0.5, 0.6) is 5.75 Å². The van der Waals surface area contributed by atoms with Gasteiger partial charge < -0.3 is 10.2 Å². The van der Waals surface area contributed by atoms with E-state index in [4.69, 9.17) is 5.11 Å². The van der Waals surface area contributed by atoms with Gasteiger partial charge in [-0.15, -0.1) is 0 Å². The molecule has 0 fully saturated rings. The molecule has 3 heteroatoms. The predicted molar refractivity (Wildman–Crippen MR) is 63.9 cm³/mol. The first-order chi connectivity index (χ1) is 7.70. The lowest BCUT2D eigenvalue weighted by Gasteiger charge is -2.03. The molecule has 2 aromatic rings. The summed E-state index contributed by atoms with van der Waals surface area (Å²) in [5.74, 6) is -0.883. The monoisotopic (exact) mass is 218 g/mol. The van der Waals surface area contributed by atoms with E-state index in [1.807, 2.05) is 13.8 Å². The van der Waals surface area contributed by atoms with E-state index >= 15 is 0 Å². The van der Waals surface area contributed by atoms with Gasteiger partial charge in [0.15, 0.2) is 0 Å². The van der Waals surface area contributed by atoms with Crippen molar-refractivity contribution >= 4 is 16.7 Å². The van der Waals surface area contributed by atoms with Crippen molar-refractivity contribution in [3.63, 3.8) is 0 Å². The number of phenols is 1. The number of aromatic carboxylic acids is 1. The molecule has 0 aliphatic heterocycles. The molecule has 0 atom stereocenters. The Hall–Kier alpha value is -2.03. The maximum absolute atomic E-state index is 10.8. The summed E-state index contributed by atoms with van der Waals surface area (Å²) in [5.41, 5.74) is 0.207. The Morgan fingerprint density at radius 3 is 2.19 bits per heavy atom. The first-order valence-corrected chi connectivity index (χ1v) is 5.14. The quantitative estimate of drug-likeness (QED) is 0.772. The molecule has 0 spiro atoms. The van der Waals surface area contributed by atoms with Crippen molar-refractivity contribution < 1.29 is 15.0 Å². The van der Waals surface area contributed by atoms with Crippen LogP contribution in [-0.4, -0.2) is 16.2 Å². The van der Waals surface area contributed by atoms with Crippen molar-refractivity contribution in [3.8, 4) is 5.75 Å². The molecule has 0 aromatic heterocycles. The summed E-state index contributed by atoms with van der Waals surface area (Å²) in [6.45, 7) is 4.00. The van der Waals surface area contributed by atoms with Crippen molar-refractivity contribution in [1.29, 1.82) is 0 Å². The summed E-state index contributed by atoms with van der Waals surface area (Å²) in [4.78, 5) is 10.8. The zero-order valence-corrected chi connectivity index (χ0v) is 9.27. The Kier molecular flexibility index (Phi) is 3.89. The molecule has 0 radical (unpaired) electrons. The lowest BCUT2D eigenvalue weighted by Crippen LogP contribution is -1.96. The van der Waals surface area contributed by atoms with Crippen molar-refractivity contribution in [2.75, 3.05) is 0 Å². The minimum absolute atomic E-state index is 0.102. The van der Waals surface area contributed by atoms with Crippen LogP contribution in [0.2, 0.25) is 0 Å². The second-order valence-electron chi connectivity index (χ2n) is 2.98. The highest BCUT2D eigenvalue weighted by molar-refractivity contribution is 6.05. The van der Waals surface area contributed by atoms with E-state index in [9.17, 15) is 9.90 Å². The molecule has 0 aliphatic rings. The zero-order valence-electron chi connectivity index (χ0n) is 9.27. The summed E-state index contributed by atoms with van der Waals surface area (Å²) in [6, 6.07) is 9.67. The fourth-order valence-corrected chi connectivity index (χ4v) is 1.48. The molecule has 0 amide bonds. The van der Waals surface area contributed by atoms with Crippen LogP contribution < -0.4 is 0 Å². The van der Waals surface area contributed by atoms with Crippen LogP contribution in [0, 0.1) is 0 Å². The number of hydrogen-bond acceptors (Lipinski definition) is 2. The Balaban J connectivity index is 0.000000606. The second kappa shape index (κ2) is 5.16. The number of rotatable bonds is 1. The summed E-state index contributed by atoms with van der Waals surface area (Å²) in [7, 11) is 0. The molecule has 0 aliphatic carbocycles. The van der Waals surface area contributed by atoms with Gasteiger partial charge in [0.1, 0.15) is 5.75 Å². The van der Waals surface area contributed by atoms with Gasteiger partial charge in [0.05, 0.1) is 5.56 Å². The highest BCUT2D eigenvalue weighted by Crippen LogP contribution is 2.26. The summed E-state index contributed by atoms with van der Waals surface area (Å²) in [5, 5.41) is 19.5. The normalized spacial score (nSPS) is 9.38. The third-order valence-corrected chi connectivity index (χ3v) is 2.13. The number of carbonyl (C=O) groups is 1. The van der Waals surface area contributed by atoms with Crippen LogP contribution in [0.25, 0.3) is 10.8 Å². The third-order valence-electron chi connectivity index (χ3n) is 2.13. The van der Waals surface area contributed by atoms with Gasteiger partial charge in [0, 0.05) is 5.39 Å². The maximum Gasteiger partial charge on any atom is 0.336 e. The smallest absolute Gasteiger partial charge is 0.336 e. The molecule has 0 unspecified atom stereocenters. The van der Waals surface area contributed by atoms with Crippen molar-refractivity contribution in [2.24, 2.45) is 0 Å². The maximum atomic E-state index is 10.8. The fraction of sp³-hybridized carbons (Fsp3) is 0.154. The minimum Gasteiger partial charge on any atom is -0.507 e. The first-order valence-electron chi connectivity index (χ1n) is 5.14. The predicted octanol–water partition coefficient (Wildman–Crippen LogP) is 3.27. The molecule has 84 valence electrons. The van der Waals surface area contributed by atoms with E-state index in [2.05, 4.69) is 0 Å². The van der Waals surface area contributed by atoms with Crippen molar-refractivity contribution in [2.45, 2.75) is 13.8 Å². The number of phenolic OH excluding ortho intramolecular Hbond substituents is 1. The number of carboxylic acid groups (broad SMARTS) is 1. The highest BCUT2D eigenvalue weighted by Gasteiger charge is 2.08. The van der Waals surface area contributed by atoms with Crippen LogP contribution in [0.4, 0.5) is 0 Å². The van der Waals surface area contributed by atoms with Gasteiger partial charge in [-0.25, -0.2) is 4.79 Å². The Morgan fingerprint density at radius 1 is 1.00 bits per heavy atom. The zero-order chi connectivity index (χ0) is 12.1. The van der Waals surface area contributed by atoms with Gasteiger partial charge in [-0.1, -0.05) is 38.1 Å². The molecule has 2 N–H and O–H groups in total. The van der Waals surface area contributed by atoms with E-state index in [1.54, 1.807) is 24.3 Å². The van der Waals surface area contributed by atoms with Crippen molar-refractivity contribution in [1.82, 2.24) is 0 Å². The molecular formula is C13H14O3. The van der Waals surface area contributed by atoms with Gasteiger partial charge in [-0.2, -0.15) is 0 Å². The molecule has 2 aromatic carbocycles. The van der Waals surface area contributed by atoms with Crippen molar-refractivity contribution in [3.05, 3.63) is 42.0 Å². The average molecular weight is 218 g/mol. The van der Waals surface area contributed by atoms with Gasteiger partial charge in [0.25, 0.3) is 0 Å². The molecule has 16 heavy (non-hydrogen) atoms. The van der Waals surface area contributed by atoms with E-state index < -0.39 is 5.97 Å². The number of fused-ring (bicyclic) bond motifs is 1. The second-order valence-corrected chi connectivity index (χ2v) is 2.98. The Labute approximate surface area is 94.0 Å². The number of aromatic hydroxyl groups is 1. The van der Waals surface area contributed by atoms with Gasteiger partial charge >= 0.3 is 5.97 Å². The topological polar surface area (TPSA) is 57.5 Å². The molecule has 0 heterocycles. The number of benzene rings is 2. The van der Waals surface area contributed by atoms with Crippen LogP contribution in [0.15, 0.2) is 36.4 Å². The minimum atomic E-state index is -0.985. The van der Waals surface area contributed by atoms with E-state index in [1.165, 1.54) is 12.1 Å². The SMILES string of the molecule is CC.O=C(O)c1cccc2c(O)cccc12. The molecule has 0 saturated heterocycles. The van der Waals surface area contributed by atoms with Gasteiger partial charge in [0.2, 0.25) is 0 Å². The lowest BCUT2D eigenvalue weighted by atomic mass is 10.0. The fourth-order valence-electron chi connectivity index (χ4n) is 1.48. The van der Waals surface area contributed by atoms with Crippen LogP contribution in [-0.2, 0) is 0 Å². The summed E-state index contributed by atoms with van der Waals surface area (Å²) >= 11 is 0. The van der Waals surface area contributed by atoms with Crippen LogP contribution >= 0.6 is 0 Å². The van der Waals surface area contributed by atoms with E-state index in [0.29, 0.717) is 10.8 Å². The van der Waals surface area contributed by atoms with Crippen LogP contribution in [0.3, 0.4) is 0 Å². The largest absolute Gasteiger partial charge is 0.507 e. The van der Waals surface area contributed by atoms with E-state index in [-0.39, 0.29) is 11.3 Å². The number of carboxylic acids is 1. The molecular weight excluding hydrogens is 204 g/mol. The molecule has 2 rings (SSSR count). The standard InChI is InChI=1S/C11H8O3.C2H6/c12-10-6-2-3-7-8(10)4-1-5-9(7)11(13)14;1-2/h1-6,12H,(H,13,14);1-2H3. The Morgan fingerprint density at radius 2 is 1.56 bits per heavy atom. The van der Waals surface area contributed by atoms with Crippen LogP contribution in [0.1, 0.15) is 24.2 Å². The molecule has 3 nitrogen and oxygen atoms in total. The lowest BCUT2D eigenvalue weighted by molar-refractivity contribution is 0.0699. The summed E-state index contributed by atoms with van der Waals surface area (Å²) in [6.07, 6.45) is 0. The molecule has 0 bridgehead atoms. The van der Waals surface area contributed by atoms with Gasteiger partial charge in [-0.05, 0) is 17.5 Å². The summed E-state index contributed by atoms with van der Waals surface area (Å²) < 4.78 is 0. The highest BCUT2D eigenvalue weighted by atomic mass is 16.4. The van der Waals surface area contributed by atoms with E-state index in [0.717, 1.165) is 0 Å². The third kappa shape index (κ3) is 2.14. The Bertz CT molecular complexity index is 504. The molecule has 0 saturated carbocycles. The first kappa shape index (κ1) is 12.0.